The van der Waals surface area contributed by atoms with Crippen LogP contribution in [0.2, 0.25) is 0 Å². The molecule has 3 bridgehead atoms. The summed E-state index contributed by atoms with van der Waals surface area (Å²) in [7, 11) is 3.27. The Bertz CT molecular complexity index is 864. The second-order valence-corrected chi connectivity index (χ2v) is 8.33. The first-order valence-electron chi connectivity index (χ1n) is 9.72. The number of ether oxygens (including phenoxy) is 2. The Morgan fingerprint density at radius 1 is 1.30 bits per heavy atom. The first-order valence-corrected chi connectivity index (χ1v) is 9.72. The lowest BCUT2D eigenvalue weighted by Crippen LogP contribution is -2.38. The van der Waals surface area contributed by atoms with Gasteiger partial charge >= 0.3 is 5.88 Å². The van der Waals surface area contributed by atoms with E-state index in [9.17, 15) is 4.91 Å². The van der Waals surface area contributed by atoms with Crippen LogP contribution in [-0.4, -0.2) is 19.0 Å². The summed E-state index contributed by atoms with van der Waals surface area (Å²) in [4.78, 5) is 12.7. The van der Waals surface area contributed by atoms with Gasteiger partial charge in [0.15, 0.2) is 0 Å². The topological polar surface area (TPSA) is 38.5 Å². The fraction of sp³-hybridized carbons (Fsp3) is 0.478. The standard InChI is InChI=1S/C23H28NO3/c1-15(2)5-6-16-9-18-14-24(25)22(27-4)13-23-8-7-19(26-3)11-21(23)20(18)10-17(16)12-23/h5,7-8,11,13-14,16-17H,6,9-10,12H2,1-4H3/q+1/b18-14-,22-13+. The van der Waals surface area contributed by atoms with Gasteiger partial charge in [-0.2, -0.15) is 0 Å². The first kappa shape index (κ1) is 18.0. The molecule has 4 rings (SSSR count). The summed E-state index contributed by atoms with van der Waals surface area (Å²) in [6, 6.07) is 0. The molecule has 3 atom stereocenters. The van der Waals surface area contributed by atoms with E-state index in [-0.39, 0.29) is 5.41 Å². The van der Waals surface area contributed by atoms with Gasteiger partial charge < -0.3 is 9.47 Å². The molecule has 4 nitrogen and oxygen atoms in total. The van der Waals surface area contributed by atoms with Gasteiger partial charge in [-0.05, 0) is 74.7 Å². The van der Waals surface area contributed by atoms with Gasteiger partial charge in [0.2, 0.25) is 6.20 Å². The lowest BCUT2D eigenvalue weighted by molar-refractivity contribution is -0.462. The molecule has 142 valence electrons. The number of hydrogen-bond acceptors (Lipinski definition) is 3. The monoisotopic (exact) mass is 366 g/mol. The van der Waals surface area contributed by atoms with Crippen molar-refractivity contribution in [2.75, 3.05) is 14.2 Å². The molecule has 4 aliphatic rings. The number of nitrogens with zero attached hydrogens (tertiary/aromatic N) is 1. The van der Waals surface area contributed by atoms with E-state index < -0.39 is 0 Å². The fourth-order valence-corrected chi connectivity index (χ4v) is 5.02. The zero-order chi connectivity index (χ0) is 19.2. The van der Waals surface area contributed by atoms with E-state index >= 15 is 0 Å². The molecule has 1 aliphatic heterocycles. The van der Waals surface area contributed by atoms with E-state index in [1.54, 1.807) is 20.4 Å². The van der Waals surface area contributed by atoms with E-state index in [2.05, 4.69) is 32.1 Å². The predicted molar refractivity (Wildman–Crippen MR) is 105 cm³/mol. The van der Waals surface area contributed by atoms with E-state index in [0.29, 0.717) is 17.7 Å². The quantitative estimate of drug-likeness (QED) is 0.499. The molecule has 3 unspecified atom stereocenters. The van der Waals surface area contributed by atoms with Crippen molar-refractivity contribution in [3.05, 3.63) is 75.4 Å². The van der Waals surface area contributed by atoms with Crippen LogP contribution in [0.15, 0.2) is 70.5 Å². The summed E-state index contributed by atoms with van der Waals surface area (Å²) >= 11 is 0. The van der Waals surface area contributed by atoms with Gasteiger partial charge in [0.25, 0.3) is 0 Å². The van der Waals surface area contributed by atoms with E-state index in [4.69, 9.17) is 9.47 Å². The highest BCUT2D eigenvalue weighted by Gasteiger charge is 2.48. The molecule has 0 aromatic rings. The summed E-state index contributed by atoms with van der Waals surface area (Å²) in [5.74, 6) is 2.41. The Balaban J connectivity index is 1.88. The molecule has 0 spiro atoms. The third-order valence-electron chi connectivity index (χ3n) is 6.41. The Kier molecular flexibility index (Phi) is 4.45. The molecule has 0 radical (unpaired) electrons. The minimum atomic E-state index is -0.294. The van der Waals surface area contributed by atoms with Gasteiger partial charge in [0.05, 0.1) is 14.2 Å². The van der Waals surface area contributed by atoms with Crippen molar-refractivity contribution in [2.45, 2.75) is 39.5 Å². The lowest BCUT2D eigenvalue weighted by atomic mass is 9.56. The Morgan fingerprint density at radius 3 is 2.81 bits per heavy atom. The van der Waals surface area contributed by atoms with E-state index in [0.717, 1.165) is 41.8 Å². The first-order chi connectivity index (χ1) is 13.0. The number of methoxy groups -OCH3 is 2. The van der Waals surface area contributed by atoms with Gasteiger partial charge in [0, 0.05) is 22.0 Å². The summed E-state index contributed by atoms with van der Waals surface area (Å²) < 4.78 is 11.9. The van der Waals surface area contributed by atoms with Crippen molar-refractivity contribution in [3.63, 3.8) is 0 Å². The SMILES string of the molecule is COC1=CC2=C3CC4CC2(C=C1)/C=C(/OC)[N+](=O)/C=C\3CC4CC=C(C)C. The summed E-state index contributed by atoms with van der Waals surface area (Å²) in [6.07, 6.45) is 16.5. The second kappa shape index (κ2) is 6.66. The zero-order valence-electron chi connectivity index (χ0n) is 16.6. The Hall–Kier alpha value is -2.36. The van der Waals surface area contributed by atoms with Crippen LogP contribution in [0.4, 0.5) is 0 Å². The predicted octanol–water partition coefficient (Wildman–Crippen LogP) is 5.32. The maximum absolute atomic E-state index is 12.7. The lowest BCUT2D eigenvalue weighted by Gasteiger charge is -2.47. The van der Waals surface area contributed by atoms with Gasteiger partial charge in [-0.15, -0.1) is 0 Å². The van der Waals surface area contributed by atoms with Crippen molar-refractivity contribution in [3.8, 4) is 0 Å². The minimum absolute atomic E-state index is 0.294. The van der Waals surface area contributed by atoms with Gasteiger partial charge in [-0.3, -0.25) is 0 Å². The average molecular weight is 366 g/mol. The maximum atomic E-state index is 12.7. The van der Waals surface area contributed by atoms with Gasteiger partial charge in [-0.25, -0.2) is 0 Å². The van der Waals surface area contributed by atoms with Crippen molar-refractivity contribution >= 4 is 0 Å². The van der Waals surface area contributed by atoms with Crippen LogP contribution in [-0.2, 0) is 9.47 Å². The molecule has 0 aromatic heterocycles. The average Bonchev–Trinajstić information content (AvgIpc) is 2.66. The summed E-state index contributed by atoms with van der Waals surface area (Å²) in [6.45, 7) is 4.31. The molecule has 0 N–H and O–H groups in total. The molecule has 0 saturated heterocycles. The zero-order valence-corrected chi connectivity index (χ0v) is 16.6. The van der Waals surface area contributed by atoms with Crippen LogP contribution in [0.3, 0.4) is 0 Å². The molecular formula is C23H28NO3+. The Morgan fingerprint density at radius 2 is 2.11 bits per heavy atom. The second-order valence-electron chi connectivity index (χ2n) is 8.33. The van der Waals surface area contributed by atoms with Crippen LogP contribution in [0.5, 0.6) is 0 Å². The highest BCUT2D eigenvalue weighted by Crippen LogP contribution is 2.57. The van der Waals surface area contributed by atoms with Gasteiger partial charge in [0.1, 0.15) is 10.5 Å². The third-order valence-corrected chi connectivity index (χ3v) is 6.41. The number of rotatable bonds is 4. The van der Waals surface area contributed by atoms with Crippen LogP contribution < -0.4 is 0 Å². The van der Waals surface area contributed by atoms with Crippen LogP contribution in [0.25, 0.3) is 0 Å². The molecule has 1 saturated carbocycles. The van der Waals surface area contributed by atoms with E-state index in [1.165, 1.54) is 16.7 Å². The Labute approximate surface area is 161 Å². The van der Waals surface area contributed by atoms with E-state index in [1.807, 2.05) is 12.2 Å². The van der Waals surface area contributed by atoms with Crippen LogP contribution in [0.1, 0.15) is 39.5 Å². The summed E-state index contributed by atoms with van der Waals surface area (Å²) in [5, 5.41) is 0. The smallest absolute Gasteiger partial charge is 0.419 e. The van der Waals surface area contributed by atoms with Crippen molar-refractivity contribution in [2.24, 2.45) is 17.3 Å². The molecule has 4 heteroatoms. The van der Waals surface area contributed by atoms with Crippen molar-refractivity contribution < 1.29 is 14.2 Å². The number of fused-ring (bicyclic) bond motifs is 1. The molecule has 0 aromatic carbocycles. The summed E-state index contributed by atoms with van der Waals surface area (Å²) in [5.41, 5.74) is 4.81. The van der Waals surface area contributed by atoms with Crippen molar-refractivity contribution in [1.29, 1.82) is 0 Å². The maximum Gasteiger partial charge on any atom is 0.419 e. The highest BCUT2D eigenvalue weighted by molar-refractivity contribution is 5.55. The molecule has 27 heavy (non-hydrogen) atoms. The minimum Gasteiger partial charge on any atom is -0.497 e. The number of nitroso groups, excluding NO2 is 1. The van der Waals surface area contributed by atoms with Crippen molar-refractivity contribution in [1.82, 2.24) is 0 Å². The third kappa shape index (κ3) is 3.01. The number of allylic oxidation sites excluding steroid dienone is 9. The largest absolute Gasteiger partial charge is 0.497 e. The molecular weight excluding hydrogens is 338 g/mol. The molecule has 0 amide bonds. The fourth-order valence-electron chi connectivity index (χ4n) is 5.02. The number of hydrogen-bond donors (Lipinski definition) is 0. The van der Waals surface area contributed by atoms with Crippen LogP contribution >= 0.6 is 0 Å². The molecule has 3 aliphatic carbocycles. The normalized spacial score (nSPS) is 35.1. The molecule has 1 fully saturated rings. The van der Waals surface area contributed by atoms with Crippen LogP contribution in [0, 0.1) is 22.2 Å². The highest BCUT2D eigenvalue weighted by atomic mass is 16.5. The molecule has 1 heterocycles. The van der Waals surface area contributed by atoms with Gasteiger partial charge in [-0.1, -0.05) is 17.7 Å².